The Morgan fingerprint density at radius 1 is 1.28 bits per heavy atom. The lowest BCUT2D eigenvalue weighted by molar-refractivity contribution is -0.139. The summed E-state index contributed by atoms with van der Waals surface area (Å²) in [6.45, 7) is 1.96. The van der Waals surface area contributed by atoms with Crippen LogP contribution in [-0.4, -0.2) is 47.2 Å². The van der Waals surface area contributed by atoms with E-state index >= 15 is 0 Å². The van der Waals surface area contributed by atoms with E-state index in [9.17, 15) is 4.79 Å². The topological polar surface area (TPSA) is 51.7 Å². The molecule has 5 heteroatoms. The number of rotatable bonds is 4. The van der Waals surface area contributed by atoms with Gasteiger partial charge in [0.25, 0.3) is 0 Å². The van der Waals surface area contributed by atoms with Crippen LogP contribution in [0.15, 0.2) is 36.7 Å². The molecule has 0 bridgehead atoms. The summed E-state index contributed by atoms with van der Waals surface area (Å²) in [7, 11) is 0. The van der Waals surface area contributed by atoms with Gasteiger partial charge in [-0.1, -0.05) is 12.2 Å². The molecule has 1 amide bonds. The Kier molecular flexibility index (Phi) is 5.13. The highest BCUT2D eigenvalue weighted by Crippen LogP contribution is 2.33. The van der Waals surface area contributed by atoms with E-state index in [2.05, 4.69) is 22.0 Å². The molecule has 0 unspecified atom stereocenters. The standard InChI is InChI=1S/C20H26N2O3/c23-20(16-5-2-1-3-6-16)22-13-18(19-17(22)7-4-12-24-19)25-14-15-8-10-21-11-9-15/h1-2,8-11,16-19H,3-7,12-14H2/t16-,17+,18+,19-/m0/s1. The largest absolute Gasteiger partial charge is 0.373 e. The highest BCUT2D eigenvalue weighted by atomic mass is 16.5. The average Bonchev–Trinajstić information content (AvgIpc) is 3.06. The van der Waals surface area contributed by atoms with Crippen molar-refractivity contribution in [3.63, 3.8) is 0 Å². The Labute approximate surface area is 149 Å². The first-order valence-electron chi connectivity index (χ1n) is 9.40. The summed E-state index contributed by atoms with van der Waals surface area (Å²) < 4.78 is 12.2. The number of likely N-dealkylation sites (tertiary alicyclic amines) is 1. The molecule has 1 aliphatic carbocycles. The summed E-state index contributed by atoms with van der Waals surface area (Å²) in [5.74, 6) is 0.423. The van der Waals surface area contributed by atoms with Crippen LogP contribution in [0.4, 0.5) is 0 Å². The lowest BCUT2D eigenvalue weighted by Crippen LogP contribution is -2.45. The molecule has 0 radical (unpaired) electrons. The third kappa shape index (κ3) is 3.62. The van der Waals surface area contributed by atoms with E-state index in [0.717, 1.165) is 44.3 Å². The molecule has 2 aliphatic heterocycles. The van der Waals surface area contributed by atoms with Crippen LogP contribution < -0.4 is 0 Å². The lowest BCUT2D eigenvalue weighted by atomic mass is 9.92. The van der Waals surface area contributed by atoms with Gasteiger partial charge in [-0.3, -0.25) is 9.78 Å². The average molecular weight is 342 g/mol. The van der Waals surface area contributed by atoms with Gasteiger partial charge in [0.15, 0.2) is 0 Å². The maximum Gasteiger partial charge on any atom is 0.226 e. The fourth-order valence-corrected chi connectivity index (χ4v) is 4.24. The van der Waals surface area contributed by atoms with Crippen molar-refractivity contribution in [2.45, 2.75) is 57.0 Å². The predicted molar refractivity (Wildman–Crippen MR) is 93.8 cm³/mol. The third-order valence-electron chi connectivity index (χ3n) is 5.59. The molecular formula is C20H26N2O3. The van der Waals surface area contributed by atoms with E-state index in [0.29, 0.717) is 19.1 Å². The van der Waals surface area contributed by atoms with Crippen LogP contribution in [0.25, 0.3) is 0 Å². The number of aromatic nitrogens is 1. The zero-order valence-corrected chi connectivity index (χ0v) is 14.5. The third-order valence-corrected chi connectivity index (χ3v) is 5.59. The summed E-state index contributed by atoms with van der Waals surface area (Å²) in [5.41, 5.74) is 1.10. The molecule has 4 atom stereocenters. The van der Waals surface area contributed by atoms with Crippen molar-refractivity contribution in [3.8, 4) is 0 Å². The zero-order chi connectivity index (χ0) is 17.1. The smallest absolute Gasteiger partial charge is 0.226 e. The Bertz CT molecular complexity index is 619. The van der Waals surface area contributed by atoms with Crippen LogP contribution >= 0.6 is 0 Å². The number of carbonyl (C=O) groups excluding carboxylic acids is 1. The number of carbonyl (C=O) groups is 1. The molecule has 0 saturated carbocycles. The Balaban J connectivity index is 1.44. The van der Waals surface area contributed by atoms with Gasteiger partial charge in [-0.05, 0) is 49.8 Å². The highest BCUT2D eigenvalue weighted by molar-refractivity contribution is 5.80. The normalized spacial score (nSPS) is 31.8. The minimum absolute atomic E-state index is 0.0127. The molecule has 0 N–H and O–H groups in total. The molecule has 0 aromatic carbocycles. The Morgan fingerprint density at radius 3 is 2.96 bits per heavy atom. The van der Waals surface area contributed by atoms with Gasteiger partial charge in [0.1, 0.15) is 12.2 Å². The van der Waals surface area contributed by atoms with Crippen molar-refractivity contribution in [1.82, 2.24) is 9.88 Å². The molecule has 134 valence electrons. The van der Waals surface area contributed by atoms with E-state index in [1.807, 2.05) is 12.1 Å². The van der Waals surface area contributed by atoms with E-state index in [1.54, 1.807) is 12.4 Å². The van der Waals surface area contributed by atoms with Gasteiger partial charge in [-0.15, -0.1) is 0 Å². The molecule has 5 nitrogen and oxygen atoms in total. The van der Waals surface area contributed by atoms with Crippen LogP contribution in [-0.2, 0) is 20.9 Å². The second kappa shape index (κ2) is 7.67. The van der Waals surface area contributed by atoms with Crippen molar-refractivity contribution in [3.05, 3.63) is 42.2 Å². The maximum absolute atomic E-state index is 13.0. The Hall–Kier alpha value is -1.72. The minimum Gasteiger partial charge on any atom is -0.373 e. The van der Waals surface area contributed by atoms with Crippen LogP contribution in [0.2, 0.25) is 0 Å². The molecule has 4 rings (SSSR count). The van der Waals surface area contributed by atoms with Gasteiger partial charge in [-0.25, -0.2) is 0 Å². The molecule has 2 saturated heterocycles. The summed E-state index contributed by atoms with van der Waals surface area (Å²) in [5, 5.41) is 0. The van der Waals surface area contributed by atoms with E-state index in [4.69, 9.17) is 9.47 Å². The van der Waals surface area contributed by atoms with Gasteiger partial charge in [0.2, 0.25) is 5.91 Å². The molecule has 25 heavy (non-hydrogen) atoms. The summed E-state index contributed by atoms with van der Waals surface area (Å²) in [4.78, 5) is 19.1. The first-order valence-corrected chi connectivity index (χ1v) is 9.40. The molecule has 2 fully saturated rings. The number of nitrogens with zero attached hydrogens (tertiary/aromatic N) is 2. The number of hydrogen-bond acceptors (Lipinski definition) is 4. The molecule has 3 aliphatic rings. The summed E-state index contributed by atoms with van der Waals surface area (Å²) >= 11 is 0. The number of fused-ring (bicyclic) bond motifs is 1. The number of amides is 1. The fourth-order valence-electron chi connectivity index (χ4n) is 4.24. The van der Waals surface area contributed by atoms with Crippen molar-refractivity contribution in [2.24, 2.45) is 5.92 Å². The van der Waals surface area contributed by atoms with Crippen LogP contribution in [0.1, 0.15) is 37.7 Å². The van der Waals surface area contributed by atoms with Gasteiger partial charge >= 0.3 is 0 Å². The molecular weight excluding hydrogens is 316 g/mol. The number of hydrogen-bond donors (Lipinski definition) is 0. The minimum atomic E-state index is -0.0402. The second-order valence-electron chi connectivity index (χ2n) is 7.22. The van der Waals surface area contributed by atoms with E-state index < -0.39 is 0 Å². The van der Waals surface area contributed by atoms with Crippen LogP contribution in [0.3, 0.4) is 0 Å². The van der Waals surface area contributed by atoms with Gasteiger partial charge < -0.3 is 14.4 Å². The SMILES string of the molecule is O=C([C@H]1CC=CCC1)N1C[C@@H](OCc2ccncc2)[C@H]2OCCC[C@H]21. The maximum atomic E-state index is 13.0. The number of pyridine rings is 1. The van der Waals surface area contributed by atoms with Gasteiger partial charge in [0, 0.05) is 31.5 Å². The van der Waals surface area contributed by atoms with E-state index in [1.165, 1.54) is 0 Å². The van der Waals surface area contributed by atoms with E-state index in [-0.39, 0.29) is 24.2 Å². The first-order chi connectivity index (χ1) is 12.3. The lowest BCUT2D eigenvalue weighted by Gasteiger charge is -2.34. The first kappa shape index (κ1) is 16.7. The number of ether oxygens (including phenoxy) is 2. The summed E-state index contributed by atoms with van der Waals surface area (Å²) in [6, 6.07) is 4.10. The van der Waals surface area contributed by atoms with Crippen molar-refractivity contribution >= 4 is 5.91 Å². The van der Waals surface area contributed by atoms with Crippen molar-refractivity contribution in [2.75, 3.05) is 13.2 Å². The highest BCUT2D eigenvalue weighted by Gasteiger charge is 2.47. The fraction of sp³-hybridized carbons (Fsp3) is 0.600. The van der Waals surface area contributed by atoms with Gasteiger partial charge in [0.05, 0.1) is 12.6 Å². The molecule has 1 aromatic heterocycles. The van der Waals surface area contributed by atoms with Crippen LogP contribution in [0, 0.1) is 5.92 Å². The molecule has 3 heterocycles. The molecule has 0 spiro atoms. The Morgan fingerprint density at radius 2 is 2.16 bits per heavy atom. The van der Waals surface area contributed by atoms with Crippen molar-refractivity contribution in [1.29, 1.82) is 0 Å². The zero-order valence-electron chi connectivity index (χ0n) is 14.5. The number of allylic oxidation sites excluding steroid dienone is 2. The quantitative estimate of drug-likeness (QED) is 0.790. The summed E-state index contributed by atoms with van der Waals surface area (Å²) in [6.07, 6.45) is 12.7. The van der Waals surface area contributed by atoms with Gasteiger partial charge in [-0.2, -0.15) is 0 Å². The second-order valence-corrected chi connectivity index (χ2v) is 7.22. The monoisotopic (exact) mass is 342 g/mol. The van der Waals surface area contributed by atoms with Crippen LogP contribution in [0.5, 0.6) is 0 Å². The predicted octanol–water partition coefficient (Wildman–Crippen LogP) is 2.71. The van der Waals surface area contributed by atoms with Crippen molar-refractivity contribution < 1.29 is 14.3 Å². The molecule has 1 aromatic rings.